The zero-order chi connectivity index (χ0) is 77.4. The smallest absolute Gasteiger partial charge is 0.335 e. The first-order chi connectivity index (χ1) is 49.0. The van der Waals surface area contributed by atoms with Crippen LogP contribution in [0.3, 0.4) is 0 Å². The lowest BCUT2D eigenvalue weighted by molar-refractivity contribution is -0.147. The van der Waals surface area contributed by atoms with Crippen LogP contribution in [0.2, 0.25) is 0 Å². The molecule has 0 bridgehead atoms. The largest absolute Gasteiger partial charge is 0.478 e. The summed E-state index contributed by atoms with van der Waals surface area (Å²) < 4.78 is 49.1. The van der Waals surface area contributed by atoms with Crippen molar-refractivity contribution in [3.63, 3.8) is 0 Å². The van der Waals surface area contributed by atoms with Gasteiger partial charge in [-0.1, -0.05) is 113 Å². The number of benzene rings is 2. The summed E-state index contributed by atoms with van der Waals surface area (Å²) in [4.78, 5) is 135. The van der Waals surface area contributed by atoms with E-state index in [1.54, 1.807) is 46.2 Å². The maximum absolute atomic E-state index is 15.0. The maximum atomic E-state index is 15.0. The number of hydrogen-bond acceptors (Lipinski definition) is 21. The van der Waals surface area contributed by atoms with E-state index < -0.39 is 130 Å². The van der Waals surface area contributed by atoms with Crippen molar-refractivity contribution >= 4 is 78.6 Å². The zero-order valence-corrected chi connectivity index (χ0v) is 62.9. The number of ketones is 2. The lowest BCUT2D eigenvalue weighted by Crippen LogP contribution is -2.64. The van der Waals surface area contributed by atoms with Crippen LogP contribution in [-0.4, -0.2) is 191 Å². The third kappa shape index (κ3) is 20.0. The molecule has 12 N–H and O–H groups in total. The van der Waals surface area contributed by atoms with Crippen LogP contribution >= 0.6 is 0 Å². The summed E-state index contributed by atoms with van der Waals surface area (Å²) in [5.41, 5.74) is 10.4. The lowest BCUT2D eigenvalue weighted by atomic mass is 9.78. The number of hydrogen-bond donors (Lipinski definition) is 9. The Bertz CT molecular complexity index is 4080. The number of sulfone groups is 2. The topological polar surface area (TPSA) is 482 Å². The van der Waals surface area contributed by atoms with Crippen LogP contribution in [0.1, 0.15) is 240 Å². The fourth-order valence-corrected chi connectivity index (χ4v) is 17.2. The Balaban J connectivity index is 0.000000231. The predicted octanol–water partition coefficient (Wildman–Crippen LogP) is 4.08. The molecule has 2 aromatic heterocycles. The Morgan fingerprint density at radius 1 is 0.524 bits per heavy atom. The Labute approximate surface area is 612 Å². The molecule has 7 amide bonds. The van der Waals surface area contributed by atoms with Crippen LogP contribution in [0.4, 0.5) is 0 Å². The van der Waals surface area contributed by atoms with Gasteiger partial charge in [-0.3, -0.25) is 43.2 Å². The normalized spacial score (nSPS) is 22.0. The van der Waals surface area contributed by atoms with Crippen LogP contribution in [0.5, 0.6) is 0 Å². The number of primary amides is 2. The molecule has 10 rings (SSSR count). The second-order valence-electron chi connectivity index (χ2n) is 31.1. The number of aliphatic hydroxyl groups is 2. The van der Waals surface area contributed by atoms with E-state index in [1.165, 1.54) is 81.8 Å². The first-order valence-electron chi connectivity index (χ1n) is 36.2. The molecule has 6 aliphatic rings. The molecule has 2 unspecified atom stereocenters. The molecule has 4 heterocycles. The van der Waals surface area contributed by atoms with E-state index in [0.29, 0.717) is 62.3 Å². The molecule has 105 heavy (non-hydrogen) atoms. The molecule has 6 atom stereocenters. The van der Waals surface area contributed by atoms with E-state index in [9.17, 15) is 70.2 Å². The number of Topliss-reactive ketones (excluding diaryl/α,β-unsaturated/α-hetero) is 2. The average molecular weight is 1500 g/mol. The van der Waals surface area contributed by atoms with Gasteiger partial charge in [-0.15, -0.1) is 10.2 Å². The summed E-state index contributed by atoms with van der Waals surface area (Å²) in [5, 5.41) is 55.1. The van der Waals surface area contributed by atoms with Gasteiger partial charge in [0, 0.05) is 44.0 Å². The van der Waals surface area contributed by atoms with Crippen LogP contribution < -0.4 is 33.2 Å². The minimum Gasteiger partial charge on any atom is -0.478 e. The van der Waals surface area contributed by atoms with Crippen LogP contribution in [0, 0.1) is 11.8 Å². The molecule has 2 aromatic carbocycles. The highest BCUT2D eigenvalue weighted by atomic mass is 32.2. The second kappa shape index (κ2) is 33.2. The van der Waals surface area contributed by atoms with E-state index in [2.05, 4.69) is 36.6 Å². The number of carbonyl (C=O) groups is 10. The summed E-state index contributed by atoms with van der Waals surface area (Å²) in [6, 6.07) is 7.36. The highest BCUT2D eigenvalue weighted by molar-refractivity contribution is 7.91. The number of carboxylic acids is 1. The number of rotatable bonds is 23. The number of likely N-dealkylation sites (tertiary alicyclic amines) is 2. The quantitative estimate of drug-likeness (QED) is 0.0472. The van der Waals surface area contributed by atoms with Gasteiger partial charge in [0.1, 0.15) is 39.9 Å². The van der Waals surface area contributed by atoms with E-state index in [-0.39, 0.29) is 77.9 Å². The van der Waals surface area contributed by atoms with E-state index in [1.807, 2.05) is 0 Å². The zero-order valence-electron chi connectivity index (χ0n) is 61.3. The maximum Gasteiger partial charge on any atom is 0.335 e. The Kier molecular flexibility index (Phi) is 26.0. The SMILES string of the molecule is CC(CC1CCCCC1)(NC(=O)c1ccc(S(C)(=O)=O)cc1)C(=O)N1C[C@@H](n2nncc2C(C)(C)O)C[C@H]1C(=O)NC1(C(=O)C(N)=O)CCCCC1.CC(N)(CC1CCCCC1)C(=O)N1C[C@@H](n2nncc2C(C)(C)O)C[C@H]1C(=O)NC1(C(=O)C(N)=O)CCCCC1.CS(=O)(=O)c1ccc(C(=O)O)cc1. The van der Waals surface area contributed by atoms with Gasteiger partial charge in [0.2, 0.25) is 35.2 Å². The Morgan fingerprint density at radius 3 is 1.23 bits per heavy atom. The van der Waals surface area contributed by atoms with Crippen molar-refractivity contribution in [1.82, 2.24) is 55.7 Å². The van der Waals surface area contributed by atoms with Crippen LogP contribution in [0.15, 0.2) is 70.7 Å². The molecule has 0 radical (unpaired) electrons. The predicted molar refractivity (Wildman–Crippen MR) is 382 cm³/mol. The molecule has 4 saturated carbocycles. The molecule has 576 valence electrons. The highest BCUT2D eigenvalue weighted by Crippen LogP contribution is 2.40. The number of aromatic nitrogens is 6. The van der Waals surface area contributed by atoms with Crippen molar-refractivity contribution in [2.75, 3.05) is 25.6 Å². The molecule has 6 fully saturated rings. The first kappa shape index (κ1) is 82.3. The molecule has 4 aliphatic carbocycles. The summed E-state index contributed by atoms with van der Waals surface area (Å²) in [5.74, 6) is -7.16. The molecule has 2 aliphatic heterocycles. The van der Waals surface area contributed by atoms with Gasteiger partial charge >= 0.3 is 5.97 Å². The average Bonchev–Trinajstić information content (AvgIpc) is 1.55. The van der Waals surface area contributed by atoms with Gasteiger partial charge in [-0.05, 0) is 140 Å². The van der Waals surface area contributed by atoms with Crippen molar-refractivity contribution < 1.29 is 80.1 Å². The lowest BCUT2D eigenvalue weighted by Gasteiger charge is -2.40. The van der Waals surface area contributed by atoms with Crippen LogP contribution in [-0.2, 0) is 69.2 Å². The Morgan fingerprint density at radius 2 is 0.876 bits per heavy atom. The van der Waals surface area contributed by atoms with Gasteiger partial charge in [-0.25, -0.2) is 31.0 Å². The molecule has 0 spiro atoms. The molecular weight excluding hydrogens is 1400 g/mol. The van der Waals surface area contributed by atoms with Gasteiger partial charge in [-0.2, -0.15) is 0 Å². The van der Waals surface area contributed by atoms with E-state index in [4.69, 9.17) is 22.3 Å². The molecule has 2 saturated heterocycles. The van der Waals surface area contributed by atoms with Crippen molar-refractivity contribution in [2.24, 2.45) is 29.0 Å². The number of amides is 7. The van der Waals surface area contributed by atoms with Crippen molar-refractivity contribution in [3.05, 3.63) is 83.4 Å². The minimum atomic E-state index is -3.50. The van der Waals surface area contributed by atoms with Gasteiger partial charge in [0.15, 0.2) is 19.7 Å². The summed E-state index contributed by atoms with van der Waals surface area (Å²) in [7, 11) is -6.74. The van der Waals surface area contributed by atoms with E-state index in [0.717, 1.165) is 83.1 Å². The number of nitrogens with zero attached hydrogens (tertiary/aromatic N) is 8. The summed E-state index contributed by atoms with van der Waals surface area (Å²) >= 11 is 0. The molecule has 33 heteroatoms. The fraction of sp³-hybridized carbons (Fsp3) is 0.639. The number of carbonyl (C=O) groups excluding carboxylic acids is 9. The number of nitrogens with one attached hydrogen (secondary N) is 3. The fourth-order valence-electron chi connectivity index (χ4n) is 16.0. The Hall–Kier alpha value is -8.40. The second-order valence-corrected chi connectivity index (χ2v) is 35.2. The van der Waals surface area contributed by atoms with Gasteiger partial charge in [0.25, 0.3) is 17.7 Å². The van der Waals surface area contributed by atoms with Crippen molar-refractivity contribution in [3.8, 4) is 0 Å². The molecular formula is C72H104N14O17S2. The molecule has 4 aromatic rings. The first-order valence-corrected chi connectivity index (χ1v) is 39.9. The third-order valence-electron chi connectivity index (χ3n) is 21.5. The monoisotopic (exact) mass is 1500 g/mol. The number of nitrogens with two attached hydrogens (primary N) is 3. The van der Waals surface area contributed by atoms with Gasteiger partial charge in [0.05, 0.1) is 56.8 Å². The number of aromatic carboxylic acids is 1. The molecule has 31 nitrogen and oxygen atoms in total. The summed E-state index contributed by atoms with van der Waals surface area (Å²) in [6.07, 6.45) is 21.6. The van der Waals surface area contributed by atoms with E-state index >= 15 is 4.79 Å². The summed E-state index contributed by atoms with van der Waals surface area (Å²) in [6.45, 7) is 9.87. The van der Waals surface area contributed by atoms with Gasteiger partial charge < -0.3 is 58.3 Å². The standard InChI is InChI=1S/C36H51N7O8S.C28H45N7O5.C8H8O4S/c1-34(2,49)28-21-38-41-43(28)25-19-27(32(47)40-36(29(44)30(37)45)17-9-6-10-18-36)42(22-25)33(48)35(3,20-23-11-7-5-8-12-23)39-31(46)24-13-15-26(16-14-24)52(4,50)51;1-26(2,40)21-16-31-33-35(21)19-14-20(24(38)32-28(22(36)23(29)37)12-8-5-9-13-28)34(17-19)25(39)27(3,30)15-18-10-6-4-7-11-18;1-13(11,12)7-4-2-6(3-5-7)8(9)10/h13-16,21,23,25,27,49H,5-12,17-20,22H2,1-4H3,(H2,37,45)(H,39,46)(H,40,47);16,18-20,40H,4-15,17,30H2,1-3H3,(H2,29,37)(H,32,38);2-5H,1H3,(H,9,10)/t25-,27-,35?;19-,20-,27?;/m00./s1. The number of carboxylic acid groups (broad SMARTS) is 1. The third-order valence-corrected chi connectivity index (χ3v) is 23.8. The highest BCUT2D eigenvalue weighted by Gasteiger charge is 2.54. The minimum absolute atomic E-state index is 0.0285. The van der Waals surface area contributed by atoms with Crippen LogP contribution in [0.25, 0.3) is 0 Å². The van der Waals surface area contributed by atoms with Crippen molar-refractivity contribution in [1.29, 1.82) is 0 Å². The van der Waals surface area contributed by atoms with Crippen molar-refractivity contribution in [2.45, 2.75) is 263 Å².